The van der Waals surface area contributed by atoms with Gasteiger partial charge in [-0.15, -0.1) is 0 Å². The van der Waals surface area contributed by atoms with E-state index in [4.69, 9.17) is 4.74 Å². The van der Waals surface area contributed by atoms with Gasteiger partial charge in [-0.1, -0.05) is 6.07 Å². The molecule has 9 heteroatoms. The second-order valence-corrected chi connectivity index (χ2v) is 6.31. The smallest absolute Gasteiger partial charge is 0.271 e. The van der Waals surface area contributed by atoms with Gasteiger partial charge in [0.25, 0.3) is 15.7 Å². The van der Waals surface area contributed by atoms with Gasteiger partial charge in [0.2, 0.25) is 0 Å². The Morgan fingerprint density at radius 3 is 2.52 bits per heavy atom. The molecule has 0 atom stereocenters. The number of hydrogen-bond acceptors (Lipinski definition) is 5. The number of nitro benzene ring substituents is 1. The van der Waals surface area contributed by atoms with Crippen molar-refractivity contribution < 1.29 is 22.5 Å². The number of hydrogen-bond donors (Lipinski definition) is 1. The highest BCUT2D eigenvalue weighted by Crippen LogP contribution is 2.30. The van der Waals surface area contributed by atoms with E-state index in [-0.39, 0.29) is 11.4 Å². The summed E-state index contributed by atoms with van der Waals surface area (Å²) in [5, 5.41) is 10.8. The number of halogens is 1. The Labute approximate surface area is 131 Å². The first-order valence-corrected chi connectivity index (χ1v) is 7.84. The van der Waals surface area contributed by atoms with Crippen LogP contribution >= 0.6 is 0 Å². The fourth-order valence-electron chi connectivity index (χ4n) is 1.89. The lowest BCUT2D eigenvalue weighted by Gasteiger charge is -2.13. The maximum atomic E-state index is 13.3. The van der Waals surface area contributed by atoms with Crippen molar-refractivity contribution in [2.45, 2.75) is 11.8 Å². The Morgan fingerprint density at radius 1 is 1.22 bits per heavy atom. The Morgan fingerprint density at radius 2 is 1.91 bits per heavy atom. The molecule has 122 valence electrons. The number of rotatable bonds is 5. The number of non-ortho nitro benzene ring substituents is 1. The average Bonchev–Trinajstić information content (AvgIpc) is 2.50. The molecule has 7 nitrogen and oxygen atoms in total. The van der Waals surface area contributed by atoms with E-state index in [1.54, 1.807) is 6.92 Å². The summed E-state index contributed by atoms with van der Waals surface area (Å²) < 4.78 is 45.4. The molecule has 0 amide bonds. The van der Waals surface area contributed by atoms with Gasteiger partial charge in [-0.05, 0) is 30.7 Å². The number of benzene rings is 2. The van der Waals surface area contributed by atoms with Crippen molar-refractivity contribution in [2.75, 3.05) is 11.8 Å². The van der Waals surface area contributed by atoms with Crippen molar-refractivity contribution in [3.05, 3.63) is 57.9 Å². The van der Waals surface area contributed by atoms with Crippen LogP contribution in [0, 0.1) is 22.9 Å². The zero-order valence-corrected chi connectivity index (χ0v) is 13.1. The Kier molecular flexibility index (Phi) is 4.50. The van der Waals surface area contributed by atoms with Crippen LogP contribution in [0.15, 0.2) is 41.3 Å². The van der Waals surface area contributed by atoms with Gasteiger partial charge in [0.05, 0.1) is 17.7 Å². The Bertz CT molecular complexity index is 867. The molecule has 23 heavy (non-hydrogen) atoms. The molecule has 0 unspecified atom stereocenters. The average molecular weight is 340 g/mol. The first-order valence-electron chi connectivity index (χ1n) is 6.36. The number of aryl methyl sites for hydroxylation is 1. The lowest BCUT2D eigenvalue weighted by molar-refractivity contribution is -0.385. The number of ether oxygens (including phenoxy) is 1. The number of anilines is 1. The van der Waals surface area contributed by atoms with Crippen molar-refractivity contribution in [3.8, 4) is 5.75 Å². The fraction of sp³-hybridized carbons (Fsp3) is 0.143. The van der Waals surface area contributed by atoms with Crippen LogP contribution in [-0.2, 0) is 10.0 Å². The molecule has 2 aromatic rings. The maximum Gasteiger partial charge on any atom is 0.271 e. The van der Waals surface area contributed by atoms with Crippen LogP contribution in [0.3, 0.4) is 0 Å². The molecule has 2 aromatic carbocycles. The normalized spacial score (nSPS) is 11.1. The summed E-state index contributed by atoms with van der Waals surface area (Å²) in [7, 11) is -2.95. The molecule has 0 aliphatic heterocycles. The molecule has 0 heterocycles. The van der Waals surface area contributed by atoms with Gasteiger partial charge >= 0.3 is 0 Å². The molecule has 0 spiro atoms. The SMILES string of the molecule is COc1ccc([N+](=O)[O-])cc1S(=O)(=O)Nc1cc(F)ccc1C. The van der Waals surface area contributed by atoms with E-state index in [9.17, 15) is 22.9 Å². The van der Waals surface area contributed by atoms with Crippen LogP contribution in [0.4, 0.5) is 15.8 Å². The van der Waals surface area contributed by atoms with E-state index in [0.717, 1.165) is 18.2 Å². The van der Waals surface area contributed by atoms with Gasteiger partial charge in [0.15, 0.2) is 0 Å². The van der Waals surface area contributed by atoms with E-state index in [1.807, 2.05) is 0 Å². The van der Waals surface area contributed by atoms with Gasteiger partial charge in [-0.25, -0.2) is 12.8 Å². The van der Waals surface area contributed by atoms with Gasteiger partial charge < -0.3 is 4.74 Å². The second-order valence-electron chi connectivity index (χ2n) is 4.66. The summed E-state index contributed by atoms with van der Waals surface area (Å²) in [6.45, 7) is 1.60. The van der Waals surface area contributed by atoms with Crippen molar-refractivity contribution in [3.63, 3.8) is 0 Å². The van der Waals surface area contributed by atoms with E-state index in [2.05, 4.69) is 4.72 Å². The molecule has 0 bridgehead atoms. The molecule has 0 aromatic heterocycles. The van der Waals surface area contributed by atoms with E-state index < -0.39 is 31.3 Å². The minimum atomic E-state index is -4.20. The Hall–Kier alpha value is -2.68. The molecule has 0 radical (unpaired) electrons. The van der Waals surface area contributed by atoms with Crippen LogP contribution in [0.2, 0.25) is 0 Å². The standard InChI is InChI=1S/C14H13FN2O5S/c1-9-3-4-10(15)7-12(9)16-23(20,21)14-8-11(17(18)19)5-6-13(14)22-2/h3-8,16H,1-2H3. The van der Waals surface area contributed by atoms with Gasteiger partial charge in [-0.2, -0.15) is 0 Å². The summed E-state index contributed by atoms with van der Waals surface area (Å²) in [5.41, 5.74) is 0.139. The molecule has 2 rings (SSSR count). The minimum absolute atomic E-state index is 0.0403. The highest BCUT2D eigenvalue weighted by Gasteiger charge is 2.24. The highest BCUT2D eigenvalue weighted by atomic mass is 32.2. The summed E-state index contributed by atoms with van der Waals surface area (Å²) in [4.78, 5) is 9.72. The molecule has 0 saturated carbocycles. The van der Waals surface area contributed by atoms with Crippen molar-refractivity contribution in [2.24, 2.45) is 0 Å². The van der Waals surface area contributed by atoms with Crippen LogP contribution in [-0.4, -0.2) is 20.5 Å². The molecule has 0 aliphatic carbocycles. The van der Waals surface area contributed by atoms with Crippen LogP contribution in [0.5, 0.6) is 5.75 Å². The van der Waals surface area contributed by atoms with Crippen molar-refractivity contribution in [1.82, 2.24) is 0 Å². The summed E-state index contributed by atoms with van der Waals surface area (Å²) in [6, 6.07) is 6.84. The van der Waals surface area contributed by atoms with E-state index >= 15 is 0 Å². The summed E-state index contributed by atoms with van der Waals surface area (Å²) >= 11 is 0. The monoisotopic (exact) mass is 340 g/mol. The predicted octanol–water partition coefficient (Wildman–Crippen LogP) is 2.85. The van der Waals surface area contributed by atoms with Crippen LogP contribution in [0.1, 0.15) is 5.56 Å². The summed E-state index contributed by atoms with van der Waals surface area (Å²) in [5.74, 6) is -0.670. The minimum Gasteiger partial charge on any atom is -0.495 e. The zero-order chi connectivity index (χ0) is 17.2. The van der Waals surface area contributed by atoms with Crippen molar-refractivity contribution in [1.29, 1.82) is 0 Å². The maximum absolute atomic E-state index is 13.3. The number of nitrogens with zero attached hydrogens (tertiary/aromatic N) is 1. The Balaban J connectivity index is 2.52. The zero-order valence-electron chi connectivity index (χ0n) is 12.2. The number of methoxy groups -OCH3 is 1. The largest absolute Gasteiger partial charge is 0.495 e. The number of nitro groups is 1. The van der Waals surface area contributed by atoms with Crippen molar-refractivity contribution >= 4 is 21.4 Å². The molecule has 0 saturated heterocycles. The highest BCUT2D eigenvalue weighted by molar-refractivity contribution is 7.92. The lowest BCUT2D eigenvalue weighted by Crippen LogP contribution is -2.15. The van der Waals surface area contributed by atoms with Crippen LogP contribution < -0.4 is 9.46 Å². The lowest BCUT2D eigenvalue weighted by atomic mass is 10.2. The molecular weight excluding hydrogens is 327 g/mol. The fourth-order valence-corrected chi connectivity index (χ4v) is 3.20. The third kappa shape index (κ3) is 3.57. The second kappa shape index (κ2) is 6.21. The summed E-state index contributed by atoms with van der Waals surface area (Å²) in [6.07, 6.45) is 0. The quantitative estimate of drug-likeness (QED) is 0.666. The van der Waals surface area contributed by atoms with Crippen LogP contribution in [0.25, 0.3) is 0 Å². The molecule has 0 fully saturated rings. The van der Waals surface area contributed by atoms with Gasteiger partial charge in [-0.3, -0.25) is 14.8 Å². The first kappa shape index (κ1) is 16.7. The van der Waals surface area contributed by atoms with Gasteiger partial charge in [0.1, 0.15) is 16.5 Å². The topological polar surface area (TPSA) is 98.5 Å². The first-order chi connectivity index (χ1) is 10.7. The third-order valence-corrected chi connectivity index (χ3v) is 4.48. The predicted molar refractivity (Wildman–Crippen MR) is 81.6 cm³/mol. The van der Waals surface area contributed by atoms with E-state index in [0.29, 0.717) is 5.56 Å². The number of nitrogens with one attached hydrogen (secondary N) is 1. The molecule has 0 aliphatic rings. The third-order valence-electron chi connectivity index (χ3n) is 3.09. The van der Waals surface area contributed by atoms with E-state index in [1.165, 1.54) is 25.3 Å². The number of sulfonamides is 1. The molecular formula is C14H13FN2O5S. The van der Waals surface area contributed by atoms with Gasteiger partial charge in [0, 0.05) is 12.1 Å². The molecule has 1 N–H and O–H groups in total.